The van der Waals surface area contributed by atoms with E-state index >= 15 is 0 Å². The van der Waals surface area contributed by atoms with E-state index in [1.165, 1.54) is 11.0 Å². The van der Waals surface area contributed by atoms with E-state index in [1.807, 2.05) is 0 Å². The zero-order valence-electron chi connectivity index (χ0n) is 9.26. The van der Waals surface area contributed by atoms with Gasteiger partial charge in [-0.05, 0) is 6.92 Å². The number of amides is 1. The summed E-state index contributed by atoms with van der Waals surface area (Å²) in [5.74, 6) is -0.750. The lowest BCUT2D eigenvalue weighted by Gasteiger charge is -2.17. The summed E-state index contributed by atoms with van der Waals surface area (Å²) >= 11 is 1.07. The molecule has 1 amide bonds. The van der Waals surface area contributed by atoms with Gasteiger partial charge in [0, 0.05) is 25.5 Å². The molecule has 0 radical (unpaired) electrons. The molecule has 1 heterocycles. The van der Waals surface area contributed by atoms with Gasteiger partial charge in [0.05, 0.1) is 0 Å². The van der Waals surface area contributed by atoms with Crippen LogP contribution in [0, 0.1) is 0 Å². The third-order valence-corrected chi connectivity index (χ3v) is 2.78. The number of hydrogen-bond donors (Lipinski definition) is 1. The second-order valence-corrected chi connectivity index (χ2v) is 4.36. The maximum Gasteiger partial charge on any atom is 0.346 e. The average Bonchev–Trinajstić information content (AvgIpc) is 2.64. The lowest BCUT2D eigenvalue weighted by molar-refractivity contribution is -0.135. The highest BCUT2D eigenvalue weighted by Crippen LogP contribution is 2.22. The van der Waals surface area contributed by atoms with Crippen molar-refractivity contribution in [3.8, 4) is 5.75 Å². The third-order valence-electron chi connectivity index (χ3n) is 1.89. The van der Waals surface area contributed by atoms with Gasteiger partial charge in [0.15, 0.2) is 6.10 Å². The summed E-state index contributed by atoms with van der Waals surface area (Å²) in [4.78, 5) is 23.7. The number of carbonyl (C=O) groups excluding carboxylic acids is 1. The van der Waals surface area contributed by atoms with Gasteiger partial charge in [0.2, 0.25) is 0 Å². The Morgan fingerprint density at radius 3 is 2.56 bits per heavy atom. The number of ether oxygens (including phenoxy) is 1. The first-order valence-electron chi connectivity index (χ1n) is 4.61. The monoisotopic (exact) mass is 243 g/mol. The average molecular weight is 243 g/mol. The number of aromatic carboxylic acids is 1. The zero-order valence-corrected chi connectivity index (χ0v) is 10.1. The van der Waals surface area contributed by atoms with Crippen molar-refractivity contribution in [2.45, 2.75) is 13.0 Å². The number of thiophene rings is 1. The molecule has 0 aliphatic heterocycles. The Morgan fingerprint density at radius 2 is 2.12 bits per heavy atom. The minimum Gasteiger partial charge on any atom is -0.480 e. The van der Waals surface area contributed by atoms with E-state index in [9.17, 15) is 9.59 Å². The van der Waals surface area contributed by atoms with Crippen molar-refractivity contribution in [1.82, 2.24) is 4.90 Å². The molecule has 88 valence electrons. The van der Waals surface area contributed by atoms with Gasteiger partial charge in [-0.1, -0.05) is 0 Å². The zero-order chi connectivity index (χ0) is 12.3. The van der Waals surface area contributed by atoms with Gasteiger partial charge in [-0.15, -0.1) is 11.3 Å². The molecule has 6 heteroatoms. The molecule has 0 bridgehead atoms. The molecule has 0 aliphatic carbocycles. The number of likely N-dealkylation sites (N-methyl/N-ethyl adjacent to an activating group) is 1. The number of nitrogens with zero attached hydrogens (tertiary/aromatic N) is 1. The van der Waals surface area contributed by atoms with E-state index in [0.29, 0.717) is 5.75 Å². The molecule has 0 saturated carbocycles. The molecule has 0 aromatic carbocycles. The van der Waals surface area contributed by atoms with Crippen LogP contribution in [0.3, 0.4) is 0 Å². The Kier molecular flexibility index (Phi) is 3.89. The van der Waals surface area contributed by atoms with E-state index in [2.05, 4.69) is 0 Å². The number of carboxylic acid groups (broad SMARTS) is 1. The fourth-order valence-electron chi connectivity index (χ4n) is 1.11. The normalized spacial score (nSPS) is 11.9. The Labute approximate surface area is 97.3 Å². The number of carbonyl (C=O) groups is 2. The highest BCUT2D eigenvalue weighted by atomic mass is 32.1. The van der Waals surface area contributed by atoms with Gasteiger partial charge in [-0.3, -0.25) is 4.79 Å². The minimum atomic E-state index is -0.994. The summed E-state index contributed by atoms with van der Waals surface area (Å²) in [5, 5.41) is 10.3. The SMILES string of the molecule is CC(Oc1csc(C(=O)O)c1)C(=O)N(C)C. The Balaban J connectivity index is 2.66. The maximum atomic E-state index is 11.5. The summed E-state index contributed by atoms with van der Waals surface area (Å²) in [6, 6.07) is 1.41. The van der Waals surface area contributed by atoms with Gasteiger partial charge in [0.1, 0.15) is 10.6 Å². The topological polar surface area (TPSA) is 66.8 Å². The molecule has 0 saturated heterocycles. The van der Waals surface area contributed by atoms with E-state index in [4.69, 9.17) is 9.84 Å². The van der Waals surface area contributed by atoms with Crippen molar-refractivity contribution in [3.63, 3.8) is 0 Å². The van der Waals surface area contributed by atoms with Crippen LogP contribution in [-0.4, -0.2) is 42.1 Å². The first-order valence-corrected chi connectivity index (χ1v) is 5.49. The molecule has 1 aromatic heterocycles. The smallest absolute Gasteiger partial charge is 0.346 e. The van der Waals surface area contributed by atoms with Gasteiger partial charge >= 0.3 is 5.97 Å². The minimum absolute atomic E-state index is 0.164. The Hall–Kier alpha value is -1.56. The summed E-state index contributed by atoms with van der Waals surface area (Å²) in [7, 11) is 3.27. The first kappa shape index (κ1) is 12.5. The van der Waals surface area contributed by atoms with Crippen LogP contribution in [0.15, 0.2) is 11.4 Å². The Morgan fingerprint density at radius 1 is 1.50 bits per heavy atom. The molecule has 0 fully saturated rings. The molecule has 1 rings (SSSR count). The second kappa shape index (κ2) is 4.98. The summed E-state index contributed by atoms with van der Waals surface area (Å²) < 4.78 is 5.32. The number of hydrogen-bond acceptors (Lipinski definition) is 4. The van der Waals surface area contributed by atoms with E-state index in [1.54, 1.807) is 26.4 Å². The van der Waals surface area contributed by atoms with Gasteiger partial charge in [-0.2, -0.15) is 0 Å². The molecule has 0 aliphatic rings. The molecule has 1 N–H and O–H groups in total. The van der Waals surface area contributed by atoms with Crippen molar-refractivity contribution in [2.75, 3.05) is 14.1 Å². The largest absolute Gasteiger partial charge is 0.480 e. The van der Waals surface area contributed by atoms with Gasteiger partial charge < -0.3 is 14.7 Å². The summed E-state index contributed by atoms with van der Waals surface area (Å²) in [6.07, 6.45) is -0.619. The van der Waals surface area contributed by atoms with Crippen LogP contribution in [0.1, 0.15) is 16.6 Å². The summed E-state index contributed by atoms with van der Waals surface area (Å²) in [6.45, 7) is 1.63. The fraction of sp³-hybridized carbons (Fsp3) is 0.400. The molecule has 0 spiro atoms. The maximum absolute atomic E-state index is 11.5. The van der Waals surface area contributed by atoms with Crippen LogP contribution in [0.25, 0.3) is 0 Å². The molecular weight excluding hydrogens is 230 g/mol. The Bertz CT molecular complexity index is 399. The predicted molar refractivity (Wildman–Crippen MR) is 60.1 cm³/mol. The quantitative estimate of drug-likeness (QED) is 0.865. The first-order chi connectivity index (χ1) is 7.41. The fourth-order valence-corrected chi connectivity index (χ4v) is 1.76. The van der Waals surface area contributed by atoms with Crippen molar-refractivity contribution >= 4 is 23.2 Å². The number of carboxylic acids is 1. The van der Waals surface area contributed by atoms with Gasteiger partial charge in [0.25, 0.3) is 5.91 Å². The second-order valence-electron chi connectivity index (χ2n) is 3.44. The molecular formula is C10H13NO4S. The van der Waals surface area contributed by atoms with Crippen LogP contribution in [0.5, 0.6) is 5.75 Å². The van der Waals surface area contributed by atoms with Crippen molar-refractivity contribution < 1.29 is 19.4 Å². The highest BCUT2D eigenvalue weighted by Gasteiger charge is 2.17. The van der Waals surface area contributed by atoms with Crippen LogP contribution in [0.4, 0.5) is 0 Å². The van der Waals surface area contributed by atoms with Crippen LogP contribution < -0.4 is 4.74 Å². The molecule has 5 nitrogen and oxygen atoms in total. The van der Waals surface area contributed by atoms with Crippen LogP contribution >= 0.6 is 11.3 Å². The van der Waals surface area contributed by atoms with Gasteiger partial charge in [-0.25, -0.2) is 4.79 Å². The van der Waals surface area contributed by atoms with E-state index in [0.717, 1.165) is 11.3 Å². The molecule has 1 unspecified atom stereocenters. The highest BCUT2D eigenvalue weighted by molar-refractivity contribution is 7.12. The molecule has 1 aromatic rings. The molecule has 1 atom stereocenters. The van der Waals surface area contributed by atoms with E-state index in [-0.39, 0.29) is 10.8 Å². The lowest BCUT2D eigenvalue weighted by Crippen LogP contribution is -2.35. The summed E-state index contributed by atoms with van der Waals surface area (Å²) in [5.41, 5.74) is 0. The third kappa shape index (κ3) is 2.96. The number of rotatable bonds is 4. The van der Waals surface area contributed by atoms with Crippen molar-refractivity contribution in [3.05, 3.63) is 16.3 Å². The van der Waals surface area contributed by atoms with Crippen LogP contribution in [0.2, 0.25) is 0 Å². The van der Waals surface area contributed by atoms with E-state index < -0.39 is 12.1 Å². The van der Waals surface area contributed by atoms with Crippen molar-refractivity contribution in [2.24, 2.45) is 0 Å². The standard InChI is InChI=1S/C10H13NO4S/c1-6(9(12)11(2)3)15-7-4-8(10(13)14)16-5-7/h4-6H,1-3H3,(H,13,14). The lowest BCUT2D eigenvalue weighted by atomic mass is 10.3. The van der Waals surface area contributed by atoms with Crippen molar-refractivity contribution in [1.29, 1.82) is 0 Å². The predicted octanol–water partition coefficient (Wildman–Crippen LogP) is 1.30. The molecule has 16 heavy (non-hydrogen) atoms. The van der Waals surface area contributed by atoms with Crippen LogP contribution in [-0.2, 0) is 4.79 Å².